The molecule has 75 heavy (non-hydrogen) atoms. The summed E-state index contributed by atoms with van der Waals surface area (Å²) < 4.78 is 40.2. The molecule has 0 amide bonds. The van der Waals surface area contributed by atoms with Gasteiger partial charge < -0.3 is 23.0 Å². The number of aromatic nitrogens is 1. The Labute approximate surface area is 438 Å². The molecule has 358 valence electrons. The first-order valence-electron chi connectivity index (χ1n) is 27.5. The van der Waals surface area contributed by atoms with E-state index in [4.69, 9.17) is 12.9 Å². The van der Waals surface area contributed by atoms with Crippen LogP contribution in [-0.4, -0.2) is 4.40 Å². The Morgan fingerprint density at radius 2 is 0.893 bits per heavy atom. The predicted octanol–water partition coefficient (Wildman–Crippen LogP) is 19.7. The van der Waals surface area contributed by atoms with E-state index in [0.717, 1.165) is 72.4 Å². The second-order valence-corrected chi connectivity index (χ2v) is 21.9. The average Bonchev–Trinajstić information content (AvgIpc) is 4.34. The number of para-hydroxylation sites is 4. The van der Waals surface area contributed by atoms with E-state index in [1.165, 1.54) is 71.8 Å². The van der Waals surface area contributed by atoms with E-state index < -0.39 is 6.85 Å². The highest BCUT2D eigenvalue weighted by atomic mass is 16.3. The molecule has 0 radical (unpaired) electrons. The van der Waals surface area contributed by atoms with E-state index in [0.29, 0.717) is 11.2 Å². The van der Waals surface area contributed by atoms with Crippen molar-refractivity contribution in [2.24, 2.45) is 0 Å². The van der Waals surface area contributed by atoms with Crippen molar-refractivity contribution in [3.05, 3.63) is 234 Å². The van der Waals surface area contributed by atoms with Gasteiger partial charge in [0.05, 0.1) is 16.9 Å². The third-order valence-corrected chi connectivity index (χ3v) is 17.0. The summed E-state index contributed by atoms with van der Waals surface area (Å²) in [7, 11) is 0. The van der Waals surface area contributed by atoms with E-state index in [2.05, 4.69) is 219 Å². The topological polar surface area (TPSA) is 37.2 Å². The fraction of sp³-hybridized carbons (Fsp3) is 0.114. The lowest BCUT2D eigenvalue weighted by atomic mass is 9.79. The zero-order valence-corrected chi connectivity index (χ0v) is 42.2. The van der Waals surface area contributed by atoms with Crippen LogP contribution in [0.2, 0.25) is 0 Å². The second-order valence-electron chi connectivity index (χ2n) is 21.9. The van der Waals surface area contributed by atoms with Gasteiger partial charge in [-0.3, -0.25) is 0 Å². The summed E-state index contributed by atoms with van der Waals surface area (Å²) in [4.78, 5) is 4.70. The molecule has 0 N–H and O–H groups in total. The molecule has 0 aliphatic heterocycles. The number of benzene rings is 10. The van der Waals surface area contributed by atoms with Gasteiger partial charge in [-0.15, -0.1) is 0 Å². The minimum atomic E-state index is -2.31. The maximum absolute atomic E-state index is 8.26. The highest BCUT2D eigenvalue weighted by molar-refractivity contribution is 6.23. The van der Waals surface area contributed by atoms with Crippen molar-refractivity contribution in [1.82, 2.24) is 4.40 Å². The summed E-state index contributed by atoms with van der Waals surface area (Å²) in [6, 6.07) is 71.4. The Morgan fingerprint density at radius 1 is 0.413 bits per heavy atom. The number of hydrogen-bond acceptors (Lipinski definition) is 4. The van der Waals surface area contributed by atoms with Gasteiger partial charge in [-0.05, 0) is 149 Å². The number of furan rings is 2. The Morgan fingerprint density at radius 3 is 1.48 bits per heavy atom. The van der Waals surface area contributed by atoms with Gasteiger partial charge in [0.15, 0.2) is 0 Å². The molecular weight excluding hydrogens is 915 g/mol. The Kier molecular flexibility index (Phi) is 7.79. The lowest BCUT2D eigenvalue weighted by Crippen LogP contribution is -2.17. The first-order chi connectivity index (χ1) is 37.8. The van der Waals surface area contributed by atoms with E-state index in [1.54, 1.807) is 6.07 Å². The van der Waals surface area contributed by atoms with Gasteiger partial charge in [0.25, 0.3) is 0 Å². The molecule has 2 aliphatic carbocycles. The largest absolute Gasteiger partial charge is 0.456 e. The van der Waals surface area contributed by atoms with Gasteiger partial charge in [0.1, 0.15) is 22.3 Å². The zero-order valence-electron chi connectivity index (χ0n) is 45.2. The van der Waals surface area contributed by atoms with Crippen LogP contribution < -0.4 is 9.80 Å². The monoisotopic (exact) mass is 968 g/mol. The van der Waals surface area contributed by atoms with E-state index in [9.17, 15) is 0 Å². The molecule has 5 nitrogen and oxygen atoms in total. The van der Waals surface area contributed by atoms with Crippen LogP contribution in [0.3, 0.4) is 0 Å². The molecule has 0 saturated heterocycles. The van der Waals surface area contributed by atoms with Crippen LogP contribution in [0.5, 0.6) is 0 Å². The van der Waals surface area contributed by atoms with Crippen LogP contribution in [0.1, 0.15) is 65.2 Å². The van der Waals surface area contributed by atoms with E-state index in [1.807, 2.05) is 24.3 Å². The van der Waals surface area contributed by atoms with Crippen LogP contribution >= 0.6 is 0 Å². The predicted molar refractivity (Wildman–Crippen MR) is 312 cm³/mol. The summed E-state index contributed by atoms with van der Waals surface area (Å²) in [6.45, 7) is 9.46. The maximum Gasteiger partial charge on any atom is 0.138 e. The van der Waals surface area contributed by atoms with Crippen LogP contribution in [0.25, 0.3) is 93.5 Å². The van der Waals surface area contributed by atoms with Crippen LogP contribution in [0.4, 0.5) is 34.1 Å². The fourth-order valence-electron chi connectivity index (χ4n) is 13.7. The van der Waals surface area contributed by atoms with Gasteiger partial charge in [0, 0.05) is 92.5 Å². The molecule has 0 bridgehead atoms. The highest BCUT2D eigenvalue weighted by Crippen LogP contribution is 2.62. The number of rotatable bonds is 6. The number of aryl methyl sites for hydroxylation is 2. The third kappa shape index (κ3) is 5.62. The second kappa shape index (κ2) is 14.8. The molecule has 16 rings (SSSR count). The fourth-order valence-corrected chi connectivity index (χ4v) is 13.7. The smallest absolute Gasteiger partial charge is 0.138 e. The van der Waals surface area contributed by atoms with E-state index >= 15 is 0 Å². The molecule has 0 unspecified atom stereocenters. The molecule has 10 aromatic carbocycles. The van der Waals surface area contributed by atoms with Gasteiger partial charge in [-0.2, -0.15) is 0 Å². The third-order valence-electron chi connectivity index (χ3n) is 17.0. The van der Waals surface area contributed by atoms with Crippen LogP contribution in [0.15, 0.2) is 209 Å². The van der Waals surface area contributed by atoms with E-state index in [-0.39, 0.29) is 16.4 Å². The van der Waals surface area contributed by atoms with Crippen LogP contribution in [0, 0.1) is 13.8 Å². The van der Waals surface area contributed by atoms with Crippen LogP contribution in [-0.2, 0) is 10.8 Å². The number of hydrogen-bond donors (Lipinski definition) is 0. The molecule has 5 heteroatoms. The Hall–Kier alpha value is -9.06. The first kappa shape index (κ1) is 39.5. The number of nitrogens with zero attached hydrogens (tertiary/aromatic N) is 3. The standard InChI is InChI=1S/C70H51N3O2/c1-40-17-15-25-50-54-36-45(29-33-59(54)74-67(40)50)71(43-20-9-7-10-21-43)47-27-31-52-57(38-47)69(3,4)62-56-35-42-19-13-14-24-49(42)61-63-66(73(64(56)61)65(52)62)53-32-28-48(39-58(53)70(63,5)6)72(44-22-11-8-12-23-44)46-30-34-60-55(37-46)51-26-16-18-41(2)68(51)75-60/h7-39H,1-6H3/i2D3. The Bertz CT molecular complexity index is 4870. The molecule has 4 aromatic heterocycles. The average molecular weight is 969 g/mol. The van der Waals surface area contributed by atoms with Crippen molar-refractivity contribution in [2.75, 3.05) is 9.80 Å². The molecule has 0 spiro atoms. The summed E-state index contributed by atoms with van der Waals surface area (Å²) in [5.74, 6) is 0. The molecule has 0 fully saturated rings. The lowest BCUT2D eigenvalue weighted by molar-refractivity contribution is 0.665. The Balaban J connectivity index is 0.896. The van der Waals surface area contributed by atoms with Crippen molar-refractivity contribution >= 4 is 105 Å². The summed E-state index contributed by atoms with van der Waals surface area (Å²) >= 11 is 0. The summed E-state index contributed by atoms with van der Waals surface area (Å²) in [5.41, 5.74) is 21.3. The quantitative estimate of drug-likeness (QED) is 0.166. The van der Waals surface area contributed by atoms with Gasteiger partial charge >= 0.3 is 0 Å². The normalized spacial score (nSPS) is 15.0. The van der Waals surface area contributed by atoms with Crippen molar-refractivity contribution in [3.8, 4) is 22.5 Å². The molecule has 14 aromatic rings. The lowest BCUT2D eigenvalue weighted by Gasteiger charge is -2.28. The maximum atomic E-state index is 8.26. The van der Waals surface area contributed by atoms with Crippen molar-refractivity contribution < 1.29 is 12.9 Å². The van der Waals surface area contributed by atoms with Gasteiger partial charge in [-0.25, -0.2) is 0 Å². The van der Waals surface area contributed by atoms with Crippen molar-refractivity contribution in [1.29, 1.82) is 0 Å². The molecule has 2 aliphatic rings. The minimum absolute atomic E-state index is 0.217. The van der Waals surface area contributed by atoms with Crippen molar-refractivity contribution in [2.45, 2.75) is 52.3 Å². The minimum Gasteiger partial charge on any atom is -0.456 e. The highest BCUT2D eigenvalue weighted by Gasteiger charge is 2.47. The SMILES string of the molecule is [2H]C([2H])([2H])c1cccc2c1oc1ccc(N(c3ccccc3)c3ccc4c(c3)C(C)(C)c3c-4n4c5c(c6cc7ccccc7c3c64)C(C)(C)c3cc(N(c4ccccc4)c4ccc6oc7c(C)cccc7c6c4)ccc3-5)cc12. The summed E-state index contributed by atoms with van der Waals surface area (Å²) in [6.07, 6.45) is 0. The van der Waals surface area contributed by atoms with Crippen molar-refractivity contribution in [3.63, 3.8) is 0 Å². The number of fused-ring (bicyclic) bond motifs is 18. The summed E-state index contributed by atoms with van der Waals surface area (Å²) in [5, 5.41) is 9.02. The molecule has 0 saturated carbocycles. The molecule has 0 atom stereocenters. The first-order valence-corrected chi connectivity index (χ1v) is 26.0. The zero-order chi connectivity index (χ0) is 52.7. The molecule has 4 heterocycles. The van der Waals surface area contributed by atoms with Gasteiger partial charge in [-0.1, -0.05) is 137 Å². The van der Waals surface area contributed by atoms with Gasteiger partial charge in [0.2, 0.25) is 0 Å². The molecular formula is C70H51N3O2. The number of anilines is 6.